The highest BCUT2D eigenvalue weighted by Gasteiger charge is 2.21. The van der Waals surface area contributed by atoms with Gasteiger partial charge in [-0.2, -0.15) is 0 Å². The van der Waals surface area contributed by atoms with Crippen molar-refractivity contribution in [1.82, 2.24) is 0 Å². The van der Waals surface area contributed by atoms with Crippen molar-refractivity contribution in [2.24, 2.45) is 10.9 Å². The summed E-state index contributed by atoms with van der Waals surface area (Å²) in [5.74, 6) is -0.706. The van der Waals surface area contributed by atoms with Gasteiger partial charge in [0.2, 0.25) is 0 Å². The highest BCUT2D eigenvalue weighted by Crippen LogP contribution is 2.12. The Morgan fingerprint density at radius 1 is 1.89 bits per heavy atom. The maximum Gasteiger partial charge on any atom is 0.350 e. The number of hydrogen-bond acceptors (Lipinski definition) is 2. The Hall–Kier alpha value is -0.860. The first-order valence-electron chi connectivity index (χ1n) is 2.99. The number of aliphatic imine (C=N–C) groups is 1. The molecule has 9 heavy (non-hydrogen) atoms. The first-order valence-corrected chi connectivity index (χ1v) is 2.99. The molecule has 1 aliphatic heterocycles. The molecule has 1 aliphatic rings. The lowest BCUT2D eigenvalue weighted by Crippen LogP contribution is -2.16. The molecule has 3 heteroatoms. The third kappa shape index (κ3) is 1.09. The van der Waals surface area contributed by atoms with E-state index in [4.69, 9.17) is 5.11 Å². The molecule has 0 fully saturated rings. The van der Waals surface area contributed by atoms with Gasteiger partial charge in [0.1, 0.15) is 5.71 Å². The van der Waals surface area contributed by atoms with E-state index in [0.717, 1.165) is 6.42 Å². The summed E-state index contributed by atoms with van der Waals surface area (Å²) < 4.78 is 0. The lowest BCUT2D eigenvalue weighted by atomic mass is 10.1. The number of aliphatic carboxylic acids is 1. The van der Waals surface area contributed by atoms with Crippen LogP contribution in [0.5, 0.6) is 0 Å². The number of nitrogens with zero attached hydrogens (tertiary/aromatic N) is 1. The molecule has 0 aromatic rings. The highest BCUT2D eigenvalue weighted by atomic mass is 16.4. The summed E-state index contributed by atoms with van der Waals surface area (Å²) in [6.07, 6.45) is 0.891. The molecule has 1 atom stereocenters. The van der Waals surface area contributed by atoms with Crippen molar-refractivity contribution < 1.29 is 9.90 Å². The third-order valence-electron chi connectivity index (χ3n) is 1.53. The molecule has 0 spiro atoms. The van der Waals surface area contributed by atoms with Crippen molar-refractivity contribution in [2.75, 3.05) is 6.54 Å². The summed E-state index contributed by atoms with van der Waals surface area (Å²) in [7, 11) is 0. The van der Waals surface area contributed by atoms with Crippen LogP contribution in [0.3, 0.4) is 0 Å². The monoisotopic (exact) mass is 127 g/mol. The Labute approximate surface area is 53.4 Å². The average Bonchev–Trinajstić information content (AvgIpc) is 2.13. The zero-order chi connectivity index (χ0) is 6.85. The van der Waals surface area contributed by atoms with Gasteiger partial charge in [-0.1, -0.05) is 6.92 Å². The van der Waals surface area contributed by atoms with Crippen LogP contribution < -0.4 is 0 Å². The van der Waals surface area contributed by atoms with Gasteiger partial charge in [0.25, 0.3) is 0 Å². The molecule has 1 rings (SSSR count). The Morgan fingerprint density at radius 3 is 2.78 bits per heavy atom. The van der Waals surface area contributed by atoms with Crippen LogP contribution in [-0.4, -0.2) is 23.3 Å². The first kappa shape index (κ1) is 6.26. The van der Waals surface area contributed by atoms with Crippen LogP contribution in [0.2, 0.25) is 0 Å². The van der Waals surface area contributed by atoms with E-state index in [2.05, 4.69) is 4.99 Å². The van der Waals surface area contributed by atoms with E-state index in [9.17, 15) is 4.79 Å². The molecule has 0 bridgehead atoms. The van der Waals surface area contributed by atoms with Crippen molar-refractivity contribution in [3.8, 4) is 0 Å². The molecular formula is C6H9NO2. The fourth-order valence-electron chi connectivity index (χ4n) is 0.950. The smallest absolute Gasteiger partial charge is 0.350 e. The average molecular weight is 127 g/mol. The normalized spacial score (nSPS) is 25.9. The van der Waals surface area contributed by atoms with Crippen LogP contribution in [0.15, 0.2) is 4.99 Å². The van der Waals surface area contributed by atoms with E-state index in [0.29, 0.717) is 12.3 Å². The first-order chi connectivity index (χ1) is 4.22. The lowest BCUT2D eigenvalue weighted by molar-refractivity contribution is -0.129. The van der Waals surface area contributed by atoms with Gasteiger partial charge >= 0.3 is 5.97 Å². The highest BCUT2D eigenvalue weighted by molar-refractivity contribution is 6.36. The molecule has 0 saturated carbocycles. The number of rotatable bonds is 1. The van der Waals surface area contributed by atoms with Gasteiger partial charge in [-0.3, -0.25) is 4.99 Å². The molecule has 1 heterocycles. The van der Waals surface area contributed by atoms with Crippen molar-refractivity contribution in [3.63, 3.8) is 0 Å². The van der Waals surface area contributed by atoms with Gasteiger partial charge in [-0.05, 0) is 6.42 Å². The molecule has 3 nitrogen and oxygen atoms in total. The van der Waals surface area contributed by atoms with Crippen LogP contribution >= 0.6 is 0 Å². The maximum atomic E-state index is 10.3. The van der Waals surface area contributed by atoms with E-state index in [-0.39, 0.29) is 5.92 Å². The summed E-state index contributed by atoms with van der Waals surface area (Å²) in [4.78, 5) is 14.1. The third-order valence-corrected chi connectivity index (χ3v) is 1.53. The van der Waals surface area contributed by atoms with E-state index < -0.39 is 5.97 Å². The van der Waals surface area contributed by atoms with Gasteiger partial charge in [-0.25, -0.2) is 4.79 Å². The summed E-state index contributed by atoms with van der Waals surface area (Å²) >= 11 is 0. The second-order valence-corrected chi connectivity index (χ2v) is 2.26. The quantitative estimate of drug-likeness (QED) is 0.559. The fourth-order valence-corrected chi connectivity index (χ4v) is 0.950. The number of carboxylic acids is 1. The van der Waals surface area contributed by atoms with Gasteiger partial charge in [0.05, 0.1) is 0 Å². The van der Waals surface area contributed by atoms with Crippen LogP contribution in [0.25, 0.3) is 0 Å². The van der Waals surface area contributed by atoms with Crippen molar-refractivity contribution in [3.05, 3.63) is 0 Å². The molecular weight excluding hydrogens is 118 g/mol. The second kappa shape index (κ2) is 2.17. The van der Waals surface area contributed by atoms with E-state index in [1.54, 1.807) is 0 Å². The standard InChI is InChI=1S/C6H9NO2/c1-4-2-3-7-5(4)6(8)9/h4H,2-3H2,1H3,(H,8,9)/t4-/m1/s1. The minimum atomic E-state index is -0.861. The predicted molar refractivity (Wildman–Crippen MR) is 33.7 cm³/mol. The number of hydrogen-bond donors (Lipinski definition) is 1. The summed E-state index contributed by atoms with van der Waals surface area (Å²) in [5, 5.41) is 8.45. The summed E-state index contributed by atoms with van der Waals surface area (Å²) in [6, 6.07) is 0. The summed E-state index contributed by atoms with van der Waals surface area (Å²) in [5.41, 5.74) is 0.343. The Morgan fingerprint density at radius 2 is 2.56 bits per heavy atom. The number of carbonyl (C=O) groups is 1. The topological polar surface area (TPSA) is 49.7 Å². The zero-order valence-electron chi connectivity index (χ0n) is 5.29. The molecule has 0 unspecified atom stereocenters. The predicted octanol–water partition coefficient (Wildman–Crippen LogP) is 0.552. The minimum Gasteiger partial charge on any atom is -0.477 e. The molecule has 50 valence electrons. The largest absolute Gasteiger partial charge is 0.477 e. The zero-order valence-corrected chi connectivity index (χ0v) is 5.29. The van der Waals surface area contributed by atoms with Crippen molar-refractivity contribution >= 4 is 11.7 Å². The van der Waals surface area contributed by atoms with Crippen LogP contribution in [-0.2, 0) is 4.79 Å². The van der Waals surface area contributed by atoms with Gasteiger partial charge in [-0.15, -0.1) is 0 Å². The van der Waals surface area contributed by atoms with Crippen molar-refractivity contribution in [2.45, 2.75) is 13.3 Å². The van der Waals surface area contributed by atoms with Crippen LogP contribution in [0.4, 0.5) is 0 Å². The molecule has 0 aromatic carbocycles. The van der Waals surface area contributed by atoms with Crippen LogP contribution in [0.1, 0.15) is 13.3 Å². The fraction of sp³-hybridized carbons (Fsp3) is 0.667. The van der Waals surface area contributed by atoms with Gasteiger partial charge in [0.15, 0.2) is 0 Å². The summed E-state index contributed by atoms with van der Waals surface area (Å²) in [6.45, 7) is 2.57. The van der Waals surface area contributed by atoms with E-state index in [1.807, 2.05) is 6.92 Å². The molecule has 0 aliphatic carbocycles. The SMILES string of the molecule is C[C@@H]1CCN=C1C(=O)O. The Balaban J connectivity index is 2.68. The molecule has 0 saturated heterocycles. The van der Waals surface area contributed by atoms with E-state index >= 15 is 0 Å². The van der Waals surface area contributed by atoms with Gasteiger partial charge in [0, 0.05) is 12.5 Å². The van der Waals surface area contributed by atoms with E-state index in [1.165, 1.54) is 0 Å². The Kier molecular flexibility index (Phi) is 1.51. The van der Waals surface area contributed by atoms with Gasteiger partial charge < -0.3 is 5.11 Å². The second-order valence-electron chi connectivity index (χ2n) is 2.26. The lowest BCUT2D eigenvalue weighted by Gasteiger charge is -1.98. The van der Waals surface area contributed by atoms with Crippen LogP contribution in [0, 0.1) is 5.92 Å². The number of carboxylic acid groups (broad SMARTS) is 1. The van der Waals surface area contributed by atoms with Crippen molar-refractivity contribution in [1.29, 1.82) is 0 Å². The Bertz CT molecular complexity index is 162. The molecule has 0 amide bonds. The molecule has 0 radical (unpaired) electrons. The molecule has 0 aromatic heterocycles. The maximum absolute atomic E-state index is 10.3. The minimum absolute atomic E-state index is 0.155. The molecule has 1 N–H and O–H groups in total.